The molecule has 0 aliphatic carbocycles. The average molecular weight is 472 g/mol. The summed E-state index contributed by atoms with van der Waals surface area (Å²) in [5, 5.41) is 6.28. The van der Waals surface area contributed by atoms with E-state index in [1.807, 2.05) is 45.2 Å². The number of benzene rings is 2. The number of allylic oxidation sites excluding steroid dienone is 3. The zero-order valence-electron chi connectivity index (χ0n) is 21.0. The fourth-order valence-corrected chi connectivity index (χ4v) is 3.10. The minimum atomic E-state index is -0.0147. The lowest BCUT2D eigenvalue weighted by Gasteiger charge is -2.13. The number of carbonyl (C=O) groups is 1. The van der Waals surface area contributed by atoms with Crippen molar-refractivity contribution in [2.45, 2.75) is 46.2 Å². The number of amides is 1. The summed E-state index contributed by atoms with van der Waals surface area (Å²) in [4.78, 5) is 20.6. The molecule has 4 N–H and O–H groups in total. The van der Waals surface area contributed by atoms with Gasteiger partial charge in [-0.05, 0) is 49.1 Å². The molecule has 0 aromatic heterocycles. The summed E-state index contributed by atoms with van der Waals surface area (Å²) in [5.74, 6) is 0.481. The van der Waals surface area contributed by atoms with Crippen LogP contribution in [-0.2, 0) is 17.8 Å². The number of rotatable bonds is 13. The van der Waals surface area contributed by atoms with Crippen molar-refractivity contribution in [3.05, 3.63) is 107 Å². The highest BCUT2D eigenvalue weighted by atomic mass is 16.1. The maximum absolute atomic E-state index is 12.1. The monoisotopic (exact) mass is 471 g/mol. The van der Waals surface area contributed by atoms with E-state index in [-0.39, 0.29) is 11.9 Å². The van der Waals surface area contributed by atoms with Gasteiger partial charge in [0.05, 0.1) is 12.7 Å². The van der Waals surface area contributed by atoms with Crippen LogP contribution >= 0.6 is 0 Å². The molecule has 35 heavy (non-hydrogen) atoms. The van der Waals surface area contributed by atoms with Crippen LogP contribution in [0.3, 0.4) is 0 Å². The molecular formula is C29H37N5O. The fourth-order valence-electron chi connectivity index (χ4n) is 3.10. The number of carbonyl (C=O) groups excluding carboxylic acids is 1. The minimum absolute atomic E-state index is 0.0117. The highest BCUT2D eigenvalue weighted by molar-refractivity contribution is 5.79. The SMILES string of the molecule is C=C/C(C)=C(/N)N=CCc1ccc(CNCN=C/C=C\CC(=O)NC(C)c2ccc(C)cc2)cc1. The predicted molar refractivity (Wildman–Crippen MR) is 147 cm³/mol. The largest absolute Gasteiger partial charge is 0.383 e. The predicted octanol–water partition coefficient (Wildman–Crippen LogP) is 4.93. The van der Waals surface area contributed by atoms with E-state index < -0.39 is 0 Å². The van der Waals surface area contributed by atoms with Crippen LogP contribution in [0, 0.1) is 6.92 Å². The van der Waals surface area contributed by atoms with Gasteiger partial charge in [-0.25, -0.2) is 4.99 Å². The molecule has 0 aliphatic heterocycles. The summed E-state index contributed by atoms with van der Waals surface area (Å²) >= 11 is 0. The molecule has 0 spiro atoms. The number of aliphatic imine (C=N–C) groups is 2. The summed E-state index contributed by atoms with van der Waals surface area (Å²) in [6.45, 7) is 10.8. The lowest BCUT2D eigenvalue weighted by atomic mass is 10.1. The third kappa shape index (κ3) is 10.8. The maximum atomic E-state index is 12.1. The number of hydrogen-bond donors (Lipinski definition) is 3. The van der Waals surface area contributed by atoms with E-state index in [2.05, 4.69) is 63.6 Å². The second-order valence-corrected chi connectivity index (χ2v) is 8.35. The van der Waals surface area contributed by atoms with Crippen LogP contribution in [0.5, 0.6) is 0 Å². The second-order valence-electron chi connectivity index (χ2n) is 8.35. The molecule has 0 bridgehead atoms. The van der Waals surface area contributed by atoms with E-state index in [1.54, 1.807) is 18.4 Å². The third-order valence-electron chi connectivity index (χ3n) is 5.41. The van der Waals surface area contributed by atoms with E-state index in [0.29, 0.717) is 18.9 Å². The van der Waals surface area contributed by atoms with Crippen molar-refractivity contribution >= 4 is 18.3 Å². The first-order valence-corrected chi connectivity index (χ1v) is 11.8. The van der Waals surface area contributed by atoms with Crippen LogP contribution in [0.25, 0.3) is 0 Å². The molecule has 0 fully saturated rings. The normalized spacial score (nSPS) is 13.3. The molecule has 1 amide bonds. The van der Waals surface area contributed by atoms with Crippen LogP contribution < -0.4 is 16.4 Å². The molecule has 0 heterocycles. The van der Waals surface area contributed by atoms with E-state index in [0.717, 1.165) is 24.1 Å². The first-order valence-electron chi connectivity index (χ1n) is 11.8. The second kappa shape index (κ2) is 15.2. The van der Waals surface area contributed by atoms with Gasteiger partial charge in [0.2, 0.25) is 5.91 Å². The Bertz CT molecular complexity index is 1060. The van der Waals surface area contributed by atoms with Gasteiger partial charge in [-0.2, -0.15) is 0 Å². The van der Waals surface area contributed by atoms with Crippen molar-refractivity contribution in [3.8, 4) is 0 Å². The number of aryl methyl sites for hydroxylation is 1. The van der Waals surface area contributed by atoms with Crippen LogP contribution in [0.2, 0.25) is 0 Å². The molecule has 1 unspecified atom stereocenters. The Hall–Kier alpha value is -3.77. The quantitative estimate of drug-likeness (QED) is 0.220. The van der Waals surface area contributed by atoms with Crippen LogP contribution in [0.4, 0.5) is 0 Å². The molecule has 2 aromatic rings. The zero-order valence-corrected chi connectivity index (χ0v) is 21.0. The van der Waals surface area contributed by atoms with Gasteiger partial charge in [-0.15, -0.1) is 0 Å². The van der Waals surface area contributed by atoms with E-state index >= 15 is 0 Å². The van der Waals surface area contributed by atoms with Crippen molar-refractivity contribution in [1.82, 2.24) is 10.6 Å². The third-order valence-corrected chi connectivity index (χ3v) is 5.41. The van der Waals surface area contributed by atoms with Gasteiger partial charge in [0.15, 0.2) is 0 Å². The number of nitrogens with two attached hydrogens (primary N) is 1. The van der Waals surface area contributed by atoms with Gasteiger partial charge in [0, 0.05) is 31.8 Å². The van der Waals surface area contributed by atoms with Gasteiger partial charge >= 0.3 is 0 Å². The first kappa shape index (κ1) is 27.5. The first-order chi connectivity index (χ1) is 16.9. The van der Waals surface area contributed by atoms with Gasteiger partial charge < -0.3 is 11.1 Å². The van der Waals surface area contributed by atoms with Crippen LogP contribution in [0.1, 0.15) is 48.6 Å². The molecule has 2 aromatic carbocycles. The number of hydrogen-bond acceptors (Lipinski definition) is 5. The Morgan fingerprint density at radius 3 is 2.49 bits per heavy atom. The summed E-state index contributed by atoms with van der Waals surface area (Å²) in [5.41, 5.74) is 11.4. The van der Waals surface area contributed by atoms with Crippen molar-refractivity contribution in [2.24, 2.45) is 15.7 Å². The molecule has 1 atom stereocenters. The maximum Gasteiger partial charge on any atom is 0.224 e. The lowest BCUT2D eigenvalue weighted by Crippen LogP contribution is -2.25. The van der Waals surface area contributed by atoms with E-state index in [4.69, 9.17) is 5.73 Å². The summed E-state index contributed by atoms with van der Waals surface area (Å²) < 4.78 is 0. The zero-order chi connectivity index (χ0) is 25.5. The van der Waals surface area contributed by atoms with Gasteiger partial charge in [0.1, 0.15) is 5.82 Å². The van der Waals surface area contributed by atoms with Gasteiger partial charge in [-0.3, -0.25) is 15.1 Å². The molecule has 0 radical (unpaired) electrons. The number of nitrogens with one attached hydrogen (secondary N) is 2. The Labute approximate surface area is 209 Å². The molecule has 0 saturated carbocycles. The molecule has 6 heteroatoms. The Kier molecular flexibility index (Phi) is 11.9. The highest BCUT2D eigenvalue weighted by Gasteiger charge is 2.07. The van der Waals surface area contributed by atoms with Crippen LogP contribution in [0.15, 0.2) is 94.7 Å². The van der Waals surface area contributed by atoms with Crippen molar-refractivity contribution in [3.63, 3.8) is 0 Å². The van der Waals surface area contributed by atoms with E-state index in [9.17, 15) is 4.79 Å². The summed E-state index contributed by atoms with van der Waals surface area (Å²) in [6.07, 6.45) is 9.87. The Morgan fingerprint density at radius 2 is 1.80 bits per heavy atom. The average Bonchev–Trinajstić information content (AvgIpc) is 2.86. The smallest absolute Gasteiger partial charge is 0.224 e. The molecule has 0 aliphatic rings. The van der Waals surface area contributed by atoms with E-state index in [1.165, 1.54) is 16.7 Å². The standard InChI is InChI=1S/C29H37N5O/c1-5-23(3)29(30)33-19-17-25-11-13-26(14-12-25)20-32-21-31-18-7-6-8-28(35)34-24(4)27-15-9-22(2)10-16-27/h5-7,9-16,18-19,24,32H,1,8,17,20-21,30H2,2-4H3,(H,34,35)/b7-6-,29-23-,31-18?,33-19?. The minimum Gasteiger partial charge on any atom is -0.383 e. The van der Waals surface area contributed by atoms with Crippen LogP contribution in [-0.4, -0.2) is 25.0 Å². The van der Waals surface area contributed by atoms with Crippen molar-refractivity contribution in [2.75, 3.05) is 6.67 Å². The van der Waals surface area contributed by atoms with Gasteiger partial charge in [-0.1, -0.05) is 72.8 Å². The van der Waals surface area contributed by atoms with Gasteiger partial charge in [0.25, 0.3) is 0 Å². The molecule has 184 valence electrons. The molecule has 6 nitrogen and oxygen atoms in total. The molecular weight excluding hydrogens is 434 g/mol. The topological polar surface area (TPSA) is 91.9 Å². The van der Waals surface area contributed by atoms with Crippen molar-refractivity contribution in [1.29, 1.82) is 0 Å². The highest BCUT2D eigenvalue weighted by Crippen LogP contribution is 2.13. The Balaban J connectivity index is 1.63. The molecule has 2 rings (SSSR count). The van der Waals surface area contributed by atoms with Crippen molar-refractivity contribution < 1.29 is 4.79 Å². The Morgan fingerprint density at radius 1 is 1.11 bits per heavy atom. The summed E-state index contributed by atoms with van der Waals surface area (Å²) in [7, 11) is 0. The fraction of sp³-hybridized carbons (Fsp3) is 0.276. The molecule has 0 saturated heterocycles. The lowest BCUT2D eigenvalue weighted by molar-refractivity contribution is -0.120. The summed E-state index contributed by atoms with van der Waals surface area (Å²) in [6, 6.07) is 16.5. The number of nitrogens with zero attached hydrogens (tertiary/aromatic N) is 2.